The number of para-hydroxylation sites is 1. The summed E-state index contributed by atoms with van der Waals surface area (Å²) < 4.78 is 5.87. The molecule has 0 spiro atoms. The minimum absolute atomic E-state index is 0.0100. The number of hydrogen-bond acceptors (Lipinski definition) is 4. The lowest BCUT2D eigenvalue weighted by atomic mass is 9.88. The van der Waals surface area contributed by atoms with Crippen LogP contribution in [0.5, 0.6) is 0 Å². The fraction of sp³-hybridized carbons (Fsp3) is 0.571. The summed E-state index contributed by atoms with van der Waals surface area (Å²) in [7, 11) is 0. The molecule has 2 bridgehead atoms. The Kier molecular flexibility index (Phi) is 4.34. The highest BCUT2D eigenvalue weighted by Crippen LogP contribution is 2.40. The molecule has 3 saturated heterocycles. The summed E-state index contributed by atoms with van der Waals surface area (Å²) in [6, 6.07) is 5.63. The first-order valence-electron chi connectivity index (χ1n) is 10.3. The van der Waals surface area contributed by atoms with Crippen LogP contribution in [-0.2, 0) is 9.53 Å². The number of likely N-dealkylation sites (tertiary alicyclic amines) is 1. The van der Waals surface area contributed by atoms with E-state index in [2.05, 4.69) is 15.3 Å². The highest BCUT2D eigenvalue weighted by atomic mass is 16.5. The predicted molar refractivity (Wildman–Crippen MR) is 104 cm³/mol. The van der Waals surface area contributed by atoms with Crippen molar-refractivity contribution in [1.82, 2.24) is 20.2 Å². The number of fused-ring (bicyclic) bond motifs is 3. The van der Waals surface area contributed by atoms with Gasteiger partial charge in [-0.3, -0.25) is 9.59 Å². The standard InChI is InChI=1S/C21H26N4O3/c1-12-23-17-6-2-5-15(19(17)24-12)20(26)22-11-13-4-3-9-25(13)21(27)16-10-14-7-8-18(16)28-14/h2,5-6,13-14,16,18H,3-4,7-11H2,1H3,(H,22,26)(H,23,24)/t13?,14-,16-,18+/m1/s1. The third-order valence-corrected chi connectivity index (χ3v) is 6.46. The zero-order valence-electron chi connectivity index (χ0n) is 16.1. The van der Waals surface area contributed by atoms with Crippen LogP contribution in [0, 0.1) is 12.8 Å². The van der Waals surface area contributed by atoms with Gasteiger partial charge in [0.25, 0.3) is 5.91 Å². The van der Waals surface area contributed by atoms with Gasteiger partial charge in [0.1, 0.15) is 11.3 Å². The third-order valence-electron chi connectivity index (χ3n) is 6.46. The Morgan fingerprint density at radius 3 is 3.00 bits per heavy atom. The van der Waals surface area contributed by atoms with Gasteiger partial charge >= 0.3 is 0 Å². The first-order chi connectivity index (χ1) is 13.6. The summed E-state index contributed by atoms with van der Waals surface area (Å²) in [5, 5.41) is 3.03. The van der Waals surface area contributed by atoms with Gasteiger partial charge in [0.05, 0.1) is 29.2 Å². The van der Waals surface area contributed by atoms with Crippen molar-refractivity contribution in [2.24, 2.45) is 5.92 Å². The molecule has 7 heteroatoms. The van der Waals surface area contributed by atoms with E-state index in [1.165, 1.54) is 0 Å². The highest BCUT2D eigenvalue weighted by molar-refractivity contribution is 6.04. The smallest absolute Gasteiger partial charge is 0.253 e. The van der Waals surface area contributed by atoms with E-state index in [1.807, 2.05) is 24.0 Å². The number of carbonyl (C=O) groups excluding carboxylic acids is 2. The van der Waals surface area contributed by atoms with Crippen LogP contribution >= 0.6 is 0 Å². The van der Waals surface area contributed by atoms with Crippen molar-refractivity contribution >= 4 is 22.8 Å². The van der Waals surface area contributed by atoms with Crippen molar-refractivity contribution < 1.29 is 14.3 Å². The number of carbonyl (C=O) groups is 2. The van der Waals surface area contributed by atoms with Gasteiger partial charge in [0.2, 0.25) is 5.91 Å². The lowest BCUT2D eigenvalue weighted by Gasteiger charge is -2.29. The molecule has 3 fully saturated rings. The summed E-state index contributed by atoms with van der Waals surface area (Å²) in [6.45, 7) is 3.14. The lowest BCUT2D eigenvalue weighted by Crippen LogP contribution is -2.47. The number of rotatable bonds is 4. The minimum Gasteiger partial charge on any atom is -0.374 e. The average Bonchev–Trinajstić information content (AvgIpc) is 3.47. The fourth-order valence-electron chi connectivity index (χ4n) is 5.09. The quantitative estimate of drug-likeness (QED) is 0.848. The molecule has 0 aliphatic carbocycles. The molecule has 0 saturated carbocycles. The van der Waals surface area contributed by atoms with Gasteiger partial charge in [0.15, 0.2) is 0 Å². The number of H-pyrrole nitrogens is 1. The topological polar surface area (TPSA) is 87.3 Å². The predicted octanol–water partition coefficient (Wildman–Crippen LogP) is 2.16. The SMILES string of the molecule is Cc1nc2c(C(=O)NCC3CCCN3C(=O)[C@@H]3C[C@H]4CC[C@@H]3O4)cccc2[nH]1. The number of nitrogens with zero attached hydrogens (tertiary/aromatic N) is 2. The van der Waals surface area contributed by atoms with Crippen LogP contribution in [-0.4, -0.2) is 58.0 Å². The van der Waals surface area contributed by atoms with Gasteiger partial charge in [-0.05, 0) is 51.2 Å². The molecule has 5 rings (SSSR count). The zero-order chi connectivity index (χ0) is 19.3. The molecule has 148 valence electrons. The molecule has 1 aromatic carbocycles. The normalized spacial score (nSPS) is 29.0. The van der Waals surface area contributed by atoms with E-state index in [0.717, 1.165) is 50.0 Å². The van der Waals surface area contributed by atoms with Crippen LogP contribution in [0.25, 0.3) is 11.0 Å². The van der Waals surface area contributed by atoms with Crippen LogP contribution in [0.2, 0.25) is 0 Å². The largest absolute Gasteiger partial charge is 0.374 e. The number of amides is 2. The van der Waals surface area contributed by atoms with Crippen LogP contribution in [0.3, 0.4) is 0 Å². The van der Waals surface area contributed by atoms with Crippen molar-refractivity contribution in [3.05, 3.63) is 29.6 Å². The fourth-order valence-corrected chi connectivity index (χ4v) is 5.09. The van der Waals surface area contributed by atoms with Crippen molar-refractivity contribution in [2.45, 2.75) is 57.3 Å². The Morgan fingerprint density at radius 2 is 2.21 bits per heavy atom. The van der Waals surface area contributed by atoms with Crippen molar-refractivity contribution in [2.75, 3.05) is 13.1 Å². The first kappa shape index (κ1) is 17.7. The minimum atomic E-state index is -0.139. The number of benzene rings is 1. The number of ether oxygens (including phenoxy) is 1. The Hall–Kier alpha value is -2.41. The van der Waals surface area contributed by atoms with Crippen molar-refractivity contribution in [3.8, 4) is 0 Å². The van der Waals surface area contributed by atoms with Gasteiger partial charge in [-0.1, -0.05) is 6.07 Å². The van der Waals surface area contributed by atoms with Crippen LogP contribution < -0.4 is 5.32 Å². The van der Waals surface area contributed by atoms with Gasteiger partial charge in [0, 0.05) is 19.1 Å². The molecule has 3 aliphatic rings. The van der Waals surface area contributed by atoms with E-state index in [9.17, 15) is 9.59 Å². The van der Waals surface area contributed by atoms with Crippen molar-refractivity contribution in [3.63, 3.8) is 0 Å². The Bertz CT molecular complexity index is 924. The number of aromatic nitrogens is 2. The van der Waals surface area contributed by atoms with Gasteiger partial charge in [-0.15, -0.1) is 0 Å². The molecule has 1 aromatic heterocycles. The highest BCUT2D eigenvalue weighted by Gasteiger charge is 2.47. The molecule has 1 unspecified atom stereocenters. The van der Waals surface area contributed by atoms with Crippen LogP contribution in [0.15, 0.2) is 18.2 Å². The molecule has 4 heterocycles. The maximum absolute atomic E-state index is 13.1. The summed E-state index contributed by atoms with van der Waals surface area (Å²) in [5.41, 5.74) is 2.12. The summed E-state index contributed by atoms with van der Waals surface area (Å²) in [5.74, 6) is 0.875. The van der Waals surface area contributed by atoms with Crippen LogP contribution in [0.4, 0.5) is 0 Å². The Labute approximate surface area is 163 Å². The second-order valence-corrected chi connectivity index (χ2v) is 8.28. The molecule has 2 aromatic rings. The second-order valence-electron chi connectivity index (χ2n) is 8.28. The summed E-state index contributed by atoms with van der Waals surface area (Å²) >= 11 is 0. The van der Waals surface area contributed by atoms with Gasteiger partial charge < -0.3 is 19.9 Å². The van der Waals surface area contributed by atoms with E-state index >= 15 is 0 Å². The third kappa shape index (κ3) is 2.98. The number of nitrogens with one attached hydrogen (secondary N) is 2. The maximum atomic E-state index is 13.1. The molecule has 4 atom stereocenters. The molecule has 7 nitrogen and oxygen atoms in total. The first-order valence-corrected chi connectivity index (χ1v) is 10.3. The van der Waals surface area contributed by atoms with E-state index in [-0.39, 0.29) is 36.0 Å². The second kappa shape index (κ2) is 6.88. The summed E-state index contributed by atoms with van der Waals surface area (Å²) in [6.07, 6.45) is 5.25. The molecule has 28 heavy (non-hydrogen) atoms. The molecule has 2 amide bonds. The number of hydrogen-bond donors (Lipinski definition) is 2. The van der Waals surface area contributed by atoms with Gasteiger partial charge in [-0.25, -0.2) is 4.98 Å². The molecule has 2 N–H and O–H groups in total. The molecule has 0 radical (unpaired) electrons. The van der Waals surface area contributed by atoms with Crippen LogP contribution in [0.1, 0.15) is 48.3 Å². The molecular formula is C21H26N4O3. The van der Waals surface area contributed by atoms with E-state index < -0.39 is 0 Å². The van der Waals surface area contributed by atoms with E-state index in [4.69, 9.17) is 4.74 Å². The number of aryl methyl sites for hydroxylation is 1. The Balaban J connectivity index is 1.25. The molecule has 3 aliphatic heterocycles. The summed E-state index contributed by atoms with van der Waals surface area (Å²) in [4.78, 5) is 35.4. The zero-order valence-corrected chi connectivity index (χ0v) is 16.1. The average molecular weight is 382 g/mol. The van der Waals surface area contributed by atoms with E-state index in [0.29, 0.717) is 17.6 Å². The molecular weight excluding hydrogens is 356 g/mol. The lowest BCUT2D eigenvalue weighted by molar-refractivity contribution is -0.137. The van der Waals surface area contributed by atoms with Gasteiger partial charge in [-0.2, -0.15) is 0 Å². The Morgan fingerprint density at radius 1 is 1.32 bits per heavy atom. The van der Waals surface area contributed by atoms with Crippen molar-refractivity contribution in [1.29, 1.82) is 0 Å². The maximum Gasteiger partial charge on any atom is 0.253 e. The van der Waals surface area contributed by atoms with E-state index in [1.54, 1.807) is 6.07 Å². The number of aromatic amines is 1. The number of imidazole rings is 1. The monoisotopic (exact) mass is 382 g/mol.